The lowest BCUT2D eigenvalue weighted by molar-refractivity contribution is -0.160. The van der Waals surface area contributed by atoms with E-state index >= 15 is 0 Å². The zero-order valence-corrected chi connectivity index (χ0v) is 17.5. The molecule has 0 spiro atoms. The third-order valence-corrected chi connectivity index (χ3v) is 2.63. The van der Waals surface area contributed by atoms with Crippen LogP contribution in [0.3, 0.4) is 0 Å². The largest absolute Gasteiger partial charge is 0.469 e. The number of hydrogen-bond acceptors (Lipinski definition) is 5. The van der Waals surface area contributed by atoms with Crippen LogP contribution in [-0.2, 0) is 23.9 Å². The highest BCUT2D eigenvalue weighted by Crippen LogP contribution is 2.15. The maximum atomic E-state index is 11.5. The molecule has 0 radical (unpaired) electrons. The van der Waals surface area contributed by atoms with Crippen molar-refractivity contribution in [1.82, 2.24) is 0 Å². The van der Waals surface area contributed by atoms with Gasteiger partial charge in [-0.15, -0.1) is 0 Å². The number of carbonyl (C=O) groups excluding carboxylic acids is 3. The Bertz CT molecular complexity index is 365. The molecule has 25 heavy (non-hydrogen) atoms. The van der Waals surface area contributed by atoms with E-state index in [1.807, 2.05) is 48.5 Å². The van der Waals surface area contributed by atoms with Crippen LogP contribution in [0.5, 0.6) is 0 Å². The monoisotopic (exact) mass is 362 g/mol. The SMILES string of the molecule is C.CC.CC(C)C(=O)C[C@@H](C)C(=O)OC(C)(C)C.COC(=O)C(C)C. The van der Waals surface area contributed by atoms with Gasteiger partial charge in [0, 0.05) is 12.3 Å². The summed E-state index contributed by atoms with van der Waals surface area (Å²) < 4.78 is 9.56. The van der Waals surface area contributed by atoms with E-state index in [1.54, 1.807) is 20.8 Å². The number of carbonyl (C=O) groups is 3. The van der Waals surface area contributed by atoms with Gasteiger partial charge in [0.1, 0.15) is 11.4 Å². The van der Waals surface area contributed by atoms with Gasteiger partial charge in [0.05, 0.1) is 18.9 Å². The summed E-state index contributed by atoms with van der Waals surface area (Å²) in [6, 6.07) is 0. The van der Waals surface area contributed by atoms with E-state index in [1.165, 1.54) is 7.11 Å². The van der Waals surface area contributed by atoms with Crippen molar-refractivity contribution in [3.8, 4) is 0 Å². The lowest BCUT2D eigenvalue weighted by atomic mass is 9.98. The molecule has 0 heterocycles. The third-order valence-electron chi connectivity index (χ3n) is 2.63. The van der Waals surface area contributed by atoms with E-state index in [2.05, 4.69) is 4.74 Å². The lowest BCUT2D eigenvalue weighted by Crippen LogP contribution is -2.29. The van der Waals surface area contributed by atoms with Crippen LogP contribution in [0, 0.1) is 17.8 Å². The van der Waals surface area contributed by atoms with Gasteiger partial charge < -0.3 is 9.47 Å². The predicted molar refractivity (Wildman–Crippen MR) is 104 cm³/mol. The van der Waals surface area contributed by atoms with Crippen LogP contribution < -0.4 is 0 Å². The van der Waals surface area contributed by atoms with E-state index in [4.69, 9.17) is 4.74 Å². The molecule has 0 N–H and O–H groups in total. The van der Waals surface area contributed by atoms with Gasteiger partial charge in [-0.3, -0.25) is 14.4 Å². The number of esters is 2. The Labute approximate surface area is 155 Å². The molecular formula is C20H42O5. The molecule has 5 nitrogen and oxygen atoms in total. The quantitative estimate of drug-likeness (QED) is 0.640. The fourth-order valence-corrected chi connectivity index (χ4v) is 1.26. The smallest absolute Gasteiger partial charge is 0.309 e. The van der Waals surface area contributed by atoms with E-state index in [9.17, 15) is 14.4 Å². The van der Waals surface area contributed by atoms with Gasteiger partial charge in [-0.25, -0.2) is 0 Å². The number of ether oxygens (including phenoxy) is 2. The Morgan fingerprint density at radius 2 is 1.24 bits per heavy atom. The number of hydrogen-bond donors (Lipinski definition) is 0. The first kappa shape index (κ1) is 31.4. The van der Waals surface area contributed by atoms with Gasteiger partial charge >= 0.3 is 11.9 Å². The van der Waals surface area contributed by atoms with Gasteiger partial charge in [0.2, 0.25) is 0 Å². The van der Waals surface area contributed by atoms with Crippen molar-refractivity contribution < 1.29 is 23.9 Å². The first-order valence-corrected chi connectivity index (χ1v) is 8.65. The first-order chi connectivity index (χ1) is 10.8. The Balaban J connectivity index is -0.000000187. The molecule has 0 rings (SSSR count). The van der Waals surface area contributed by atoms with Gasteiger partial charge in [-0.2, -0.15) is 0 Å². The van der Waals surface area contributed by atoms with Crippen LogP contribution in [-0.4, -0.2) is 30.4 Å². The van der Waals surface area contributed by atoms with Gasteiger partial charge in [-0.1, -0.05) is 55.9 Å². The Morgan fingerprint density at radius 1 is 0.840 bits per heavy atom. The molecule has 1 atom stereocenters. The molecule has 0 amide bonds. The number of methoxy groups -OCH3 is 1. The highest BCUT2D eigenvalue weighted by atomic mass is 16.6. The maximum Gasteiger partial charge on any atom is 0.309 e. The summed E-state index contributed by atoms with van der Waals surface area (Å²) in [6.45, 7) is 18.5. The van der Waals surface area contributed by atoms with Crippen LogP contribution in [0.1, 0.15) is 83.1 Å². The average molecular weight is 363 g/mol. The second-order valence-corrected chi connectivity index (χ2v) is 6.94. The van der Waals surface area contributed by atoms with Crippen molar-refractivity contribution in [3.05, 3.63) is 0 Å². The Hall–Kier alpha value is -1.39. The summed E-state index contributed by atoms with van der Waals surface area (Å²) in [6.07, 6.45) is 0.270. The minimum absolute atomic E-state index is 0. The summed E-state index contributed by atoms with van der Waals surface area (Å²) in [5, 5.41) is 0. The highest BCUT2D eigenvalue weighted by Gasteiger charge is 2.24. The topological polar surface area (TPSA) is 69.7 Å². The predicted octanol–water partition coefficient (Wildman–Crippen LogP) is 5.06. The maximum absolute atomic E-state index is 11.5. The van der Waals surface area contributed by atoms with E-state index in [-0.39, 0.29) is 49.3 Å². The normalized spacial score (nSPS) is 11.1. The second-order valence-electron chi connectivity index (χ2n) is 6.94. The van der Waals surface area contributed by atoms with Crippen molar-refractivity contribution in [1.29, 1.82) is 0 Å². The summed E-state index contributed by atoms with van der Waals surface area (Å²) in [7, 11) is 1.39. The molecule has 0 unspecified atom stereocenters. The minimum atomic E-state index is -0.480. The van der Waals surface area contributed by atoms with Gasteiger partial charge in [0.25, 0.3) is 0 Å². The zero-order valence-electron chi connectivity index (χ0n) is 17.5. The molecule has 0 saturated heterocycles. The molecule has 152 valence electrons. The first-order valence-electron chi connectivity index (χ1n) is 8.65. The summed E-state index contributed by atoms with van der Waals surface area (Å²) in [4.78, 5) is 33.2. The van der Waals surface area contributed by atoms with Crippen molar-refractivity contribution in [2.75, 3.05) is 7.11 Å². The summed E-state index contributed by atoms with van der Waals surface area (Å²) in [5.74, 6) is -0.705. The molecule has 0 aromatic carbocycles. The van der Waals surface area contributed by atoms with Crippen LogP contribution in [0.4, 0.5) is 0 Å². The van der Waals surface area contributed by atoms with Crippen molar-refractivity contribution in [2.24, 2.45) is 17.8 Å². The van der Waals surface area contributed by atoms with Crippen molar-refractivity contribution in [2.45, 2.75) is 88.7 Å². The third kappa shape index (κ3) is 20.6. The van der Waals surface area contributed by atoms with Gasteiger partial charge in [-0.05, 0) is 20.8 Å². The van der Waals surface area contributed by atoms with Crippen molar-refractivity contribution in [3.63, 3.8) is 0 Å². The van der Waals surface area contributed by atoms with Crippen LogP contribution in [0.15, 0.2) is 0 Å². The fraction of sp³-hybridized carbons (Fsp3) is 0.850. The molecule has 0 aliphatic rings. The molecular weight excluding hydrogens is 320 g/mol. The van der Waals surface area contributed by atoms with E-state index < -0.39 is 5.60 Å². The molecule has 0 aliphatic carbocycles. The second kappa shape index (κ2) is 16.1. The zero-order chi connectivity index (χ0) is 20.1. The standard InChI is InChI=1S/C12H22O3.C5H10O2.C2H6.CH4/c1-8(2)10(13)7-9(3)11(14)15-12(4,5)6;1-4(2)5(6)7-3;1-2;/h8-9H,7H2,1-6H3;4H,1-3H3;1-2H3;1H4/t9-;;;/m1.../s1. The molecule has 0 aliphatic heterocycles. The average Bonchev–Trinajstić information content (AvgIpc) is 2.46. The molecule has 0 saturated carbocycles. The Morgan fingerprint density at radius 3 is 1.44 bits per heavy atom. The highest BCUT2D eigenvalue weighted by molar-refractivity contribution is 5.85. The molecule has 0 bridgehead atoms. The summed E-state index contributed by atoms with van der Waals surface area (Å²) in [5.41, 5.74) is -0.480. The Kier molecular flexibility index (Phi) is 20.2. The molecule has 0 aromatic rings. The summed E-state index contributed by atoms with van der Waals surface area (Å²) >= 11 is 0. The minimum Gasteiger partial charge on any atom is -0.469 e. The lowest BCUT2D eigenvalue weighted by Gasteiger charge is -2.22. The van der Waals surface area contributed by atoms with Crippen LogP contribution >= 0.6 is 0 Å². The van der Waals surface area contributed by atoms with E-state index in [0.29, 0.717) is 0 Å². The molecule has 0 aromatic heterocycles. The van der Waals surface area contributed by atoms with E-state index in [0.717, 1.165) is 0 Å². The van der Waals surface area contributed by atoms with Crippen LogP contribution in [0.25, 0.3) is 0 Å². The fourth-order valence-electron chi connectivity index (χ4n) is 1.26. The van der Waals surface area contributed by atoms with Crippen LogP contribution in [0.2, 0.25) is 0 Å². The van der Waals surface area contributed by atoms with Crippen molar-refractivity contribution >= 4 is 17.7 Å². The molecule has 0 fully saturated rings. The number of ketones is 1. The molecule has 5 heteroatoms. The number of rotatable bonds is 5. The van der Waals surface area contributed by atoms with Gasteiger partial charge in [0.15, 0.2) is 0 Å². The number of Topliss-reactive ketones (excluding diaryl/α,β-unsaturated/α-hetero) is 1.